The van der Waals surface area contributed by atoms with Crippen LogP contribution in [0.2, 0.25) is 0 Å². The third kappa shape index (κ3) is 7.96. The van der Waals surface area contributed by atoms with Crippen molar-refractivity contribution in [3.8, 4) is 5.75 Å². The van der Waals surface area contributed by atoms with E-state index in [9.17, 15) is 4.39 Å². The van der Waals surface area contributed by atoms with E-state index in [-0.39, 0.29) is 35.9 Å². The normalized spacial score (nSPS) is 16.1. The second kappa shape index (κ2) is 13.0. The van der Waals surface area contributed by atoms with Gasteiger partial charge < -0.3 is 20.1 Å². The molecule has 1 heterocycles. The fourth-order valence-corrected chi connectivity index (χ4v) is 3.74. The predicted molar refractivity (Wildman–Crippen MR) is 132 cm³/mol. The zero-order valence-corrected chi connectivity index (χ0v) is 20.5. The number of ether oxygens (including phenoxy) is 2. The van der Waals surface area contributed by atoms with E-state index in [4.69, 9.17) is 9.47 Å². The van der Waals surface area contributed by atoms with Crippen molar-refractivity contribution < 1.29 is 13.9 Å². The zero-order chi connectivity index (χ0) is 20.5. The van der Waals surface area contributed by atoms with Crippen LogP contribution in [0.5, 0.6) is 5.75 Å². The van der Waals surface area contributed by atoms with E-state index in [1.807, 2.05) is 0 Å². The molecule has 0 bridgehead atoms. The molecule has 2 aromatic carbocycles. The highest BCUT2D eigenvalue weighted by molar-refractivity contribution is 14.0. The zero-order valence-electron chi connectivity index (χ0n) is 17.3. The summed E-state index contributed by atoms with van der Waals surface area (Å²) in [6, 6.07) is 12.8. The second-order valence-electron chi connectivity index (χ2n) is 6.87. The van der Waals surface area contributed by atoms with Crippen LogP contribution in [0.3, 0.4) is 0 Å². The minimum absolute atomic E-state index is 0. The highest BCUT2D eigenvalue weighted by Crippen LogP contribution is 2.24. The molecule has 0 saturated carbocycles. The van der Waals surface area contributed by atoms with Gasteiger partial charge in [-0.25, -0.2) is 4.39 Å². The van der Waals surface area contributed by atoms with Gasteiger partial charge in [0, 0.05) is 42.8 Å². The number of rotatable bonds is 8. The van der Waals surface area contributed by atoms with E-state index in [1.54, 1.807) is 30.9 Å². The van der Waals surface area contributed by atoms with Crippen LogP contribution in [0.25, 0.3) is 0 Å². The van der Waals surface area contributed by atoms with Gasteiger partial charge in [-0.1, -0.05) is 12.1 Å². The van der Waals surface area contributed by atoms with E-state index in [2.05, 4.69) is 40.7 Å². The first-order valence-electron chi connectivity index (χ1n) is 9.81. The number of aliphatic imine (C=N–C) groups is 1. The fraction of sp³-hybridized carbons (Fsp3) is 0.409. The van der Waals surface area contributed by atoms with Gasteiger partial charge in [-0.2, -0.15) is 0 Å². The molecule has 1 atom stereocenters. The first kappa shape index (κ1) is 24.7. The van der Waals surface area contributed by atoms with Crippen molar-refractivity contribution >= 4 is 41.7 Å². The summed E-state index contributed by atoms with van der Waals surface area (Å²) in [5.74, 6) is 2.28. The molecular weight excluding hydrogens is 516 g/mol. The summed E-state index contributed by atoms with van der Waals surface area (Å²) in [6.45, 7) is 4.84. The number of nitrogens with zero attached hydrogens (tertiary/aromatic N) is 1. The minimum Gasteiger partial charge on any atom is -0.488 e. The Morgan fingerprint density at radius 1 is 1.23 bits per heavy atom. The van der Waals surface area contributed by atoms with E-state index in [0.29, 0.717) is 13.2 Å². The molecule has 1 saturated heterocycles. The highest BCUT2D eigenvalue weighted by Gasteiger charge is 2.18. The fourth-order valence-electron chi connectivity index (χ4n) is 2.97. The van der Waals surface area contributed by atoms with Gasteiger partial charge in [-0.05, 0) is 42.8 Å². The standard InChI is InChI=1S/C22H28FN3O2S.HI/c1-16-3-4-17(21(13-16)28-19-9-11-27-15-19)14-26-22(24-2)25-10-12-29-20-7-5-18(23)6-8-20;/h3-8,13,19H,9-12,14-15H2,1-2H3,(H2,24,25,26);1H. The molecule has 2 aromatic rings. The molecule has 2 N–H and O–H groups in total. The molecule has 0 spiro atoms. The molecule has 1 aliphatic rings. The van der Waals surface area contributed by atoms with Gasteiger partial charge in [-0.15, -0.1) is 35.7 Å². The van der Waals surface area contributed by atoms with E-state index in [0.717, 1.165) is 47.5 Å². The maximum absolute atomic E-state index is 13.0. The SMILES string of the molecule is CN=C(NCCSc1ccc(F)cc1)NCc1ccc(C)cc1OC1CCOC1.I. The Labute approximate surface area is 199 Å². The lowest BCUT2D eigenvalue weighted by Crippen LogP contribution is -2.38. The molecule has 8 heteroatoms. The van der Waals surface area contributed by atoms with Crippen LogP contribution in [-0.2, 0) is 11.3 Å². The van der Waals surface area contributed by atoms with Crippen LogP contribution < -0.4 is 15.4 Å². The lowest BCUT2D eigenvalue weighted by molar-refractivity contribution is 0.140. The smallest absolute Gasteiger partial charge is 0.191 e. The monoisotopic (exact) mass is 545 g/mol. The minimum atomic E-state index is -0.211. The van der Waals surface area contributed by atoms with Crippen LogP contribution in [0.4, 0.5) is 4.39 Å². The summed E-state index contributed by atoms with van der Waals surface area (Å²) in [5.41, 5.74) is 2.26. The number of halogens is 2. The van der Waals surface area contributed by atoms with Gasteiger partial charge in [0.15, 0.2) is 5.96 Å². The molecule has 3 rings (SSSR count). The summed E-state index contributed by atoms with van der Waals surface area (Å²) in [5, 5.41) is 6.65. The van der Waals surface area contributed by atoms with Crippen molar-refractivity contribution in [3.63, 3.8) is 0 Å². The Morgan fingerprint density at radius 2 is 2.03 bits per heavy atom. The molecule has 1 unspecified atom stereocenters. The Kier molecular flexibility index (Phi) is 10.7. The van der Waals surface area contributed by atoms with Gasteiger partial charge in [0.1, 0.15) is 17.7 Å². The maximum atomic E-state index is 13.0. The Balaban J connectivity index is 0.00000320. The molecule has 0 aromatic heterocycles. The quantitative estimate of drug-likeness (QED) is 0.170. The number of thioether (sulfide) groups is 1. The van der Waals surface area contributed by atoms with Crippen molar-refractivity contribution in [1.82, 2.24) is 10.6 Å². The summed E-state index contributed by atoms with van der Waals surface area (Å²) in [6.07, 6.45) is 1.05. The number of aryl methyl sites for hydroxylation is 1. The molecule has 30 heavy (non-hydrogen) atoms. The number of nitrogens with one attached hydrogen (secondary N) is 2. The molecule has 0 amide bonds. The third-order valence-corrected chi connectivity index (χ3v) is 5.56. The lowest BCUT2D eigenvalue weighted by atomic mass is 10.1. The molecular formula is C22H29FIN3O2S. The van der Waals surface area contributed by atoms with Crippen molar-refractivity contribution in [3.05, 3.63) is 59.4 Å². The predicted octanol–water partition coefficient (Wildman–Crippen LogP) is 4.38. The van der Waals surface area contributed by atoms with Crippen LogP contribution in [0.15, 0.2) is 52.4 Å². The Morgan fingerprint density at radius 3 is 2.73 bits per heavy atom. The van der Waals surface area contributed by atoms with Crippen molar-refractivity contribution in [1.29, 1.82) is 0 Å². The van der Waals surface area contributed by atoms with Crippen molar-refractivity contribution in [2.75, 3.05) is 32.6 Å². The van der Waals surface area contributed by atoms with Crippen LogP contribution >= 0.6 is 35.7 Å². The van der Waals surface area contributed by atoms with Crippen LogP contribution in [-0.4, -0.2) is 44.6 Å². The largest absolute Gasteiger partial charge is 0.488 e. The third-order valence-electron chi connectivity index (χ3n) is 4.55. The Hall–Kier alpha value is -1.52. The van der Waals surface area contributed by atoms with E-state index in [1.165, 1.54) is 17.7 Å². The second-order valence-corrected chi connectivity index (χ2v) is 8.04. The van der Waals surface area contributed by atoms with Crippen molar-refractivity contribution in [2.45, 2.75) is 30.9 Å². The maximum Gasteiger partial charge on any atom is 0.191 e. The number of guanidine groups is 1. The van der Waals surface area contributed by atoms with Gasteiger partial charge >= 0.3 is 0 Å². The van der Waals surface area contributed by atoms with Gasteiger partial charge in [0.2, 0.25) is 0 Å². The summed E-state index contributed by atoms with van der Waals surface area (Å²) in [7, 11) is 1.75. The average Bonchev–Trinajstić information content (AvgIpc) is 3.23. The van der Waals surface area contributed by atoms with Crippen LogP contribution in [0, 0.1) is 12.7 Å². The first-order valence-corrected chi connectivity index (χ1v) is 10.8. The highest BCUT2D eigenvalue weighted by atomic mass is 127. The van der Waals surface area contributed by atoms with E-state index < -0.39 is 0 Å². The molecule has 1 fully saturated rings. The number of benzene rings is 2. The summed E-state index contributed by atoms with van der Waals surface area (Å²) >= 11 is 1.67. The summed E-state index contributed by atoms with van der Waals surface area (Å²) in [4.78, 5) is 5.33. The first-order chi connectivity index (χ1) is 14.1. The molecule has 164 valence electrons. The van der Waals surface area contributed by atoms with E-state index >= 15 is 0 Å². The average molecular weight is 545 g/mol. The van der Waals surface area contributed by atoms with Gasteiger partial charge in [-0.3, -0.25) is 4.99 Å². The molecule has 1 aliphatic heterocycles. The molecule has 5 nitrogen and oxygen atoms in total. The van der Waals surface area contributed by atoms with Crippen molar-refractivity contribution in [2.24, 2.45) is 4.99 Å². The lowest BCUT2D eigenvalue weighted by Gasteiger charge is -2.18. The number of hydrogen-bond donors (Lipinski definition) is 2. The van der Waals surface area contributed by atoms with Gasteiger partial charge in [0.05, 0.1) is 13.2 Å². The topological polar surface area (TPSA) is 54.9 Å². The number of hydrogen-bond acceptors (Lipinski definition) is 4. The Bertz CT molecular complexity index is 815. The summed E-state index contributed by atoms with van der Waals surface area (Å²) < 4.78 is 24.5. The van der Waals surface area contributed by atoms with Crippen LogP contribution in [0.1, 0.15) is 17.5 Å². The molecule has 0 aliphatic carbocycles. The molecule has 0 radical (unpaired) electrons. The van der Waals surface area contributed by atoms with Gasteiger partial charge in [0.25, 0.3) is 0 Å².